The van der Waals surface area contributed by atoms with Crippen molar-refractivity contribution in [2.75, 3.05) is 0 Å². The molecule has 1 unspecified atom stereocenters. The molecule has 0 aliphatic rings. The van der Waals surface area contributed by atoms with Gasteiger partial charge in [-0.15, -0.1) is 0 Å². The molecule has 2 rings (SSSR count). The molecule has 5 heteroatoms. The predicted molar refractivity (Wildman–Crippen MR) is 73.1 cm³/mol. The van der Waals surface area contributed by atoms with E-state index in [2.05, 4.69) is 15.3 Å². The van der Waals surface area contributed by atoms with Gasteiger partial charge in [0.15, 0.2) is 0 Å². The van der Waals surface area contributed by atoms with Gasteiger partial charge in [-0.3, -0.25) is 0 Å². The molecule has 2 aromatic rings. The van der Waals surface area contributed by atoms with Gasteiger partial charge >= 0.3 is 0 Å². The Kier molecular flexibility index (Phi) is 4.39. The van der Waals surface area contributed by atoms with Crippen molar-refractivity contribution in [3.63, 3.8) is 0 Å². The fourth-order valence-electron chi connectivity index (χ4n) is 1.96. The highest BCUT2D eigenvalue weighted by Gasteiger charge is 2.13. The van der Waals surface area contributed by atoms with Crippen LogP contribution in [0.15, 0.2) is 24.4 Å². The fourth-order valence-corrected chi connectivity index (χ4v) is 1.96. The molecule has 0 saturated heterocycles. The third-order valence-corrected chi connectivity index (χ3v) is 3.17. The topological polar surface area (TPSA) is 37.8 Å². The summed E-state index contributed by atoms with van der Waals surface area (Å²) in [5, 5.41) is 3.13. The van der Waals surface area contributed by atoms with Crippen molar-refractivity contribution in [3.05, 3.63) is 58.7 Å². The molecule has 0 bridgehead atoms. The Morgan fingerprint density at radius 3 is 2.65 bits per heavy atom. The second-order valence-corrected chi connectivity index (χ2v) is 4.82. The Hall–Kier alpha value is -1.88. The van der Waals surface area contributed by atoms with Crippen LogP contribution in [0.1, 0.15) is 35.6 Å². The van der Waals surface area contributed by atoms with Crippen molar-refractivity contribution in [1.29, 1.82) is 0 Å². The maximum absolute atomic E-state index is 13.8. The lowest BCUT2D eigenvalue weighted by molar-refractivity contribution is 0.513. The van der Waals surface area contributed by atoms with E-state index in [0.29, 0.717) is 23.5 Å². The van der Waals surface area contributed by atoms with E-state index in [1.54, 1.807) is 26.1 Å². The number of rotatable bonds is 4. The molecule has 1 aromatic carbocycles. The van der Waals surface area contributed by atoms with Crippen LogP contribution in [0.3, 0.4) is 0 Å². The Morgan fingerprint density at radius 2 is 1.95 bits per heavy atom. The molecule has 0 fully saturated rings. The summed E-state index contributed by atoms with van der Waals surface area (Å²) in [6, 6.07) is 3.95. The molecule has 0 amide bonds. The standard InChI is InChI=1S/C15H17F2N3/c1-9-6-15(17)13(7-14(9)16)10(2)19-8-12-4-5-18-11(3)20-12/h4-7,10,19H,8H2,1-3H3. The Morgan fingerprint density at radius 1 is 1.20 bits per heavy atom. The number of aryl methyl sites for hydroxylation is 2. The van der Waals surface area contributed by atoms with Crippen molar-refractivity contribution < 1.29 is 8.78 Å². The molecular weight excluding hydrogens is 260 g/mol. The maximum Gasteiger partial charge on any atom is 0.128 e. The quantitative estimate of drug-likeness (QED) is 0.932. The van der Waals surface area contributed by atoms with Crippen molar-refractivity contribution in [2.24, 2.45) is 0 Å². The number of halogens is 2. The molecule has 0 radical (unpaired) electrons. The van der Waals surface area contributed by atoms with Crippen LogP contribution in [-0.2, 0) is 6.54 Å². The average Bonchev–Trinajstić information content (AvgIpc) is 2.40. The predicted octanol–water partition coefficient (Wildman–Crippen LogP) is 3.22. The minimum atomic E-state index is -0.400. The van der Waals surface area contributed by atoms with Crippen molar-refractivity contribution in [3.8, 4) is 0 Å². The van der Waals surface area contributed by atoms with Gasteiger partial charge in [0, 0.05) is 24.3 Å². The van der Waals surface area contributed by atoms with E-state index >= 15 is 0 Å². The second kappa shape index (κ2) is 6.05. The van der Waals surface area contributed by atoms with Gasteiger partial charge in [0.1, 0.15) is 17.5 Å². The molecule has 0 aliphatic carbocycles. The molecule has 0 spiro atoms. The molecule has 1 heterocycles. The minimum absolute atomic E-state index is 0.305. The molecule has 1 aromatic heterocycles. The molecular formula is C15H17F2N3. The summed E-state index contributed by atoms with van der Waals surface area (Å²) in [5.41, 5.74) is 1.45. The molecule has 1 atom stereocenters. The smallest absolute Gasteiger partial charge is 0.128 e. The first-order chi connectivity index (χ1) is 9.47. The summed E-state index contributed by atoms with van der Waals surface area (Å²) in [4.78, 5) is 8.26. The highest BCUT2D eigenvalue weighted by molar-refractivity contribution is 5.27. The van der Waals surface area contributed by atoms with Crippen molar-refractivity contribution in [1.82, 2.24) is 15.3 Å². The summed E-state index contributed by atoms with van der Waals surface area (Å²) in [6.07, 6.45) is 1.68. The fraction of sp³-hybridized carbons (Fsp3) is 0.333. The lowest BCUT2D eigenvalue weighted by Crippen LogP contribution is -2.20. The zero-order valence-corrected chi connectivity index (χ0v) is 11.7. The Bertz CT molecular complexity index is 614. The first-order valence-corrected chi connectivity index (χ1v) is 6.45. The zero-order valence-electron chi connectivity index (χ0n) is 11.7. The third kappa shape index (κ3) is 3.36. The van der Waals surface area contributed by atoms with Gasteiger partial charge in [-0.25, -0.2) is 18.7 Å². The minimum Gasteiger partial charge on any atom is -0.304 e. The average molecular weight is 277 g/mol. The lowest BCUT2D eigenvalue weighted by Gasteiger charge is -2.15. The van der Waals surface area contributed by atoms with Gasteiger partial charge in [-0.05, 0) is 44.5 Å². The summed E-state index contributed by atoms with van der Waals surface area (Å²) in [6.45, 7) is 5.62. The summed E-state index contributed by atoms with van der Waals surface area (Å²) >= 11 is 0. The molecule has 0 saturated carbocycles. The zero-order chi connectivity index (χ0) is 14.7. The molecule has 1 N–H and O–H groups in total. The number of nitrogens with zero attached hydrogens (tertiary/aromatic N) is 2. The highest BCUT2D eigenvalue weighted by atomic mass is 19.1. The monoisotopic (exact) mass is 277 g/mol. The van der Waals surface area contributed by atoms with E-state index in [1.807, 2.05) is 6.92 Å². The van der Waals surface area contributed by atoms with Gasteiger partial charge in [0.05, 0.1) is 5.69 Å². The van der Waals surface area contributed by atoms with Gasteiger partial charge in [-0.2, -0.15) is 0 Å². The van der Waals surface area contributed by atoms with Crippen LogP contribution < -0.4 is 5.32 Å². The second-order valence-electron chi connectivity index (χ2n) is 4.82. The van der Waals surface area contributed by atoms with Crippen molar-refractivity contribution in [2.45, 2.75) is 33.4 Å². The first kappa shape index (κ1) is 14.5. The van der Waals surface area contributed by atoms with E-state index in [4.69, 9.17) is 0 Å². The maximum atomic E-state index is 13.8. The molecule has 106 valence electrons. The van der Waals surface area contributed by atoms with Crippen LogP contribution in [0.2, 0.25) is 0 Å². The van der Waals surface area contributed by atoms with Gasteiger partial charge in [0.2, 0.25) is 0 Å². The van der Waals surface area contributed by atoms with Crippen LogP contribution in [0, 0.1) is 25.5 Å². The van der Waals surface area contributed by atoms with Crippen molar-refractivity contribution >= 4 is 0 Å². The molecule has 3 nitrogen and oxygen atoms in total. The number of hydrogen-bond acceptors (Lipinski definition) is 3. The Balaban J connectivity index is 2.09. The third-order valence-electron chi connectivity index (χ3n) is 3.17. The highest BCUT2D eigenvalue weighted by Crippen LogP contribution is 2.20. The van der Waals surface area contributed by atoms with Gasteiger partial charge < -0.3 is 5.32 Å². The lowest BCUT2D eigenvalue weighted by atomic mass is 10.0. The summed E-state index contributed by atoms with van der Waals surface area (Å²) < 4.78 is 27.4. The number of aromatic nitrogens is 2. The molecule has 0 aliphatic heterocycles. The van der Waals surface area contributed by atoms with Crippen LogP contribution in [0.4, 0.5) is 8.78 Å². The van der Waals surface area contributed by atoms with E-state index in [-0.39, 0.29) is 6.04 Å². The van der Waals surface area contributed by atoms with Crippen LogP contribution in [0.5, 0.6) is 0 Å². The van der Waals surface area contributed by atoms with Crippen LogP contribution >= 0.6 is 0 Å². The van der Waals surface area contributed by atoms with E-state index in [9.17, 15) is 8.78 Å². The number of hydrogen-bond donors (Lipinski definition) is 1. The van der Waals surface area contributed by atoms with Crippen LogP contribution in [0.25, 0.3) is 0 Å². The van der Waals surface area contributed by atoms with Crippen LogP contribution in [-0.4, -0.2) is 9.97 Å². The summed E-state index contributed by atoms with van der Waals surface area (Å²) in [5.74, 6) is -0.111. The largest absolute Gasteiger partial charge is 0.304 e. The Labute approximate surface area is 117 Å². The van der Waals surface area contributed by atoms with E-state index in [1.165, 1.54) is 12.1 Å². The van der Waals surface area contributed by atoms with E-state index in [0.717, 1.165) is 5.69 Å². The first-order valence-electron chi connectivity index (χ1n) is 6.45. The number of benzene rings is 1. The summed E-state index contributed by atoms with van der Waals surface area (Å²) in [7, 11) is 0. The van der Waals surface area contributed by atoms with Gasteiger partial charge in [0.25, 0.3) is 0 Å². The SMILES string of the molecule is Cc1nccc(CNC(C)c2cc(F)c(C)cc2F)n1. The van der Waals surface area contributed by atoms with Gasteiger partial charge in [-0.1, -0.05) is 0 Å². The van der Waals surface area contributed by atoms with E-state index < -0.39 is 11.6 Å². The normalized spacial score (nSPS) is 12.4. The molecule has 20 heavy (non-hydrogen) atoms. The number of nitrogens with one attached hydrogen (secondary N) is 1.